The maximum absolute atomic E-state index is 10.2. The molecule has 0 aliphatic heterocycles. The van der Waals surface area contributed by atoms with E-state index in [9.17, 15) is 5.11 Å². The monoisotopic (exact) mass is 164 g/mol. The van der Waals surface area contributed by atoms with Gasteiger partial charge in [-0.15, -0.1) is 0 Å². The lowest BCUT2D eigenvalue weighted by molar-refractivity contribution is 0.0542. The normalized spacial score (nSPS) is 45.8. The summed E-state index contributed by atoms with van der Waals surface area (Å²) in [6.07, 6.45) is 8.85. The van der Waals surface area contributed by atoms with Crippen molar-refractivity contribution in [3.63, 3.8) is 0 Å². The molecule has 1 nitrogen and oxygen atoms in total. The van der Waals surface area contributed by atoms with E-state index in [0.717, 1.165) is 18.4 Å². The van der Waals surface area contributed by atoms with Gasteiger partial charge in [0.2, 0.25) is 0 Å². The summed E-state index contributed by atoms with van der Waals surface area (Å²) in [7, 11) is 0. The first-order chi connectivity index (χ1) is 5.60. The Morgan fingerprint density at radius 1 is 1.50 bits per heavy atom. The molecule has 0 unspecified atom stereocenters. The van der Waals surface area contributed by atoms with Gasteiger partial charge in [-0.2, -0.15) is 0 Å². The molecule has 0 aromatic heterocycles. The Kier molecular flexibility index (Phi) is 1.65. The van der Waals surface area contributed by atoms with Gasteiger partial charge in [0, 0.05) is 5.92 Å². The van der Waals surface area contributed by atoms with Gasteiger partial charge in [0.1, 0.15) is 0 Å². The number of hydrogen-bond acceptors (Lipinski definition) is 1. The maximum Gasteiger partial charge on any atom is 0.0888 e. The van der Waals surface area contributed by atoms with Gasteiger partial charge in [-0.25, -0.2) is 0 Å². The van der Waals surface area contributed by atoms with Crippen LogP contribution in [0.4, 0.5) is 0 Å². The number of rotatable bonds is 0. The average Bonchev–Trinajstić information content (AvgIpc) is 2.44. The third-order valence-corrected chi connectivity index (χ3v) is 3.42. The van der Waals surface area contributed by atoms with Crippen LogP contribution in [0.1, 0.15) is 26.7 Å². The van der Waals surface area contributed by atoms with Crippen LogP contribution < -0.4 is 0 Å². The van der Waals surface area contributed by atoms with Crippen molar-refractivity contribution in [2.24, 2.45) is 11.8 Å². The first kappa shape index (κ1) is 8.06. The van der Waals surface area contributed by atoms with Gasteiger partial charge in [0.05, 0.1) is 5.60 Å². The smallest absolute Gasteiger partial charge is 0.0888 e. The molecule has 0 fully saturated rings. The summed E-state index contributed by atoms with van der Waals surface area (Å²) in [5, 5.41) is 10.2. The van der Waals surface area contributed by atoms with Crippen molar-refractivity contribution in [3.8, 4) is 0 Å². The molecule has 0 saturated carbocycles. The SMILES string of the molecule is CC1=CC[C@H]2C=C[C@H](C2)[C@@]1(C)O. The van der Waals surface area contributed by atoms with E-state index in [-0.39, 0.29) is 0 Å². The average molecular weight is 164 g/mol. The zero-order valence-corrected chi connectivity index (χ0v) is 7.75. The molecule has 1 heteroatoms. The molecule has 0 heterocycles. The van der Waals surface area contributed by atoms with Gasteiger partial charge in [-0.05, 0) is 38.2 Å². The summed E-state index contributed by atoms with van der Waals surface area (Å²) in [6.45, 7) is 3.97. The number of aliphatic hydroxyl groups is 1. The van der Waals surface area contributed by atoms with Gasteiger partial charge >= 0.3 is 0 Å². The lowest BCUT2D eigenvalue weighted by Gasteiger charge is -2.29. The van der Waals surface area contributed by atoms with Crippen molar-refractivity contribution >= 4 is 0 Å². The van der Waals surface area contributed by atoms with Crippen molar-refractivity contribution in [1.82, 2.24) is 0 Å². The fourth-order valence-corrected chi connectivity index (χ4v) is 2.19. The van der Waals surface area contributed by atoms with E-state index in [1.165, 1.54) is 0 Å². The topological polar surface area (TPSA) is 20.2 Å². The molecule has 1 N–H and O–H groups in total. The van der Waals surface area contributed by atoms with Crippen LogP contribution in [0.2, 0.25) is 0 Å². The Bertz CT molecular complexity index is 248. The molecule has 0 amide bonds. The number of hydrogen-bond donors (Lipinski definition) is 1. The van der Waals surface area contributed by atoms with Crippen LogP contribution in [0.15, 0.2) is 23.8 Å². The van der Waals surface area contributed by atoms with Crippen molar-refractivity contribution in [2.45, 2.75) is 32.3 Å². The second-order valence-corrected chi connectivity index (χ2v) is 4.26. The van der Waals surface area contributed by atoms with Crippen molar-refractivity contribution < 1.29 is 5.11 Å². The van der Waals surface area contributed by atoms with Crippen LogP contribution in [-0.2, 0) is 0 Å². The molecule has 66 valence electrons. The van der Waals surface area contributed by atoms with Crippen molar-refractivity contribution in [2.75, 3.05) is 0 Å². The van der Waals surface area contributed by atoms with Crippen LogP contribution in [0.25, 0.3) is 0 Å². The Hall–Kier alpha value is -0.560. The summed E-state index contributed by atoms with van der Waals surface area (Å²) in [4.78, 5) is 0. The van der Waals surface area contributed by atoms with Crippen LogP contribution >= 0.6 is 0 Å². The Morgan fingerprint density at radius 3 is 3.00 bits per heavy atom. The summed E-state index contributed by atoms with van der Waals surface area (Å²) in [5.74, 6) is 1.03. The molecule has 0 aromatic rings. The Morgan fingerprint density at radius 2 is 2.25 bits per heavy atom. The largest absolute Gasteiger partial charge is 0.385 e. The van der Waals surface area contributed by atoms with Gasteiger partial charge in [-0.3, -0.25) is 0 Å². The molecule has 2 aliphatic carbocycles. The zero-order valence-electron chi connectivity index (χ0n) is 7.75. The molecular formula is C11H16O. The summed E-state index contributed by atoms with van der Waals surface area (Å²) in [6, 6.07) is 0. The number of allylic oxidation sites excluding steroid dienone is 2. The van der Waals surface area contributed by atoms with E-state index in [4.69, 9.17) is 0 Å². The molecule has 2 aliphatic rings. The second-order valence-electron chi connectivity index (χ2n) is 4.26. The van der Waals surface area contributed by atoms with Gasteiger partial charge in [0.25, 0.3) is 0 Å². The summed E-state index contributed by atoms with van der Waals surface area (Å²) < 4.78 is 0. The Balaban J connectivity index is 2.35. The molecule has 12 heavy (non-hydrogen) atoms. The third-order valence-electron chi connectivity index (χ3n) is 3.42. The van der Waals surface area contributed by atoms with Gasteiger partial charge in [-0.1, -0.05) is 18.2 Å². The maximum atomic E-state index is 10.2. The highest BCUT2D eigenvalue weighted by atomic mass is 16.3. The fourth-order valence-electron chi connectivity index (χ4n) is 2.19. The summed E-state index contributed by atoms with van der Waals surface area (Å²) >= 11 is 0. The van der Waals surface area contributed by atoms with E-state index >= 15 is 0 Å². The Labute approximate surface area is 73.8 Å². The zero-order chi connectivity index (χ0) is 8.77. The van der Waals surface area contributed by atoms with E-state index in [1.54, 1.807) is 0 Å². The van der Waals surface area contributed by atoms with Crippen molar-refractivity contribution in [1.29, 1.82) is 0 Å². The van der Waals surface area contributed by atoms with Crippen LogP contribution in [-0.4, -0.2) is 10.7 Å². The summed E-state index contributed by atoms with van der Waals surface area (Å²) in [5.41, 5.74) is 0.543. The van der Waals surface area contributed by atoms with Crippen LogP contribution in [0.5, 0.6) is 0 Å². The fraction of sp³-hybridized carbons (Fsp3) is 0.636. The second kappa shape index (κ2) is 2.46. The third kappa shape index (κ3) is 1.04. The molecule has 0 spiro atoms. The lowest BCUT2D eigenvalue weighted by Crippen LogP contribution is -2.33. The van der Waals surface area contributed by atoms with E-state index in [2.05, 4.69) is 18.2 Å². The first-order valence-electron chi connectivity index (χ1n) is 4.68. The predicted molar refractivity (Wildman–Crippen MR) is 49.7 cm³/mol. The molecular weight excluding hydrogens is 148 g/mol. The highest BCUT2D eigenvalue weighted by Gasteiger charge is 2.37. The van der Waals surface area contributed by atoms with E-state index in [1.807, 2.05) is 13.8 Å². The van der Waals surface area contributed by atoms with Crippen LogP contribution in [0, 0.1) is 11.8 Å². The minimum Gasteiger partial charge on any atom is -0.385 e. The molecule has 0 aromatic carbocycles. The lowest BCUT2D eigenvalue weighted by atomic mass is 9.84. The van der Waals surface area contributed by atoms with Gasteiger partial charge < -0.3 is 5.11 Å². The van der Waals surface area contributed by atoms with Gasteiger partial charge in [0.15, 0.2) is 0 Å². The minimum atomic E-state index is -0.595. The highest BCUT2D eigenvalue weighted by molar-refractivity contribution is 5.24. The molecule has 0 radical (unpaired) electrons. The predicted octanol–water partition coefficient (Wildman–Crippen LogP) is 2.28. The van der Waals surface area contributed by atoms with Crippen molar-refractivity contribution in [3.05, 3.63) is 23.8 Å². The molecule has 0 saturated heterocycles. The first-order valence-corrected chi connectivity index (χ1v) is 4.68. The van der Waals surface area contributed by atoms with E-state index < -0.39 is 5.60 Å². The number of fused-ring (bicyclic) bond motifs is 2. The molecule has 2 rings (SSSR count). The highest BCUT2D eigenvalue weighted by Crippen LogP contribution is 2.40. The van der Waals surface area contributed by atoms with Crippen LogP contribution in [0.3, 0.4) is 0 Å². The quantitative estimate of drug-likeness (QED) is 0.544. The minimum absolute atomic E-state index is 0.348. The standard InChI is InChI=1S/C11H16O/c1-8-3-4-9-5-6-10(7-9)11(8,2)12/h3,5-6,9-10,12H,4,7H2,1-2H3/t9-,10+,11-/m0/s1. The molecule has 3 atom stereocenters. The van der Waals surface area contributed by atoms with E-state index in [0.29, 0.717) is 11.8 Å². The molecule has 2 bridgehead atoms.